The van der Waals surface area contributed by atoms with Crippen LogP contribution in [0.3, 0.4) is 0 Å². The van der Waals surface area contributed by atoms with Gasteiger partial charge in [0, 0.05) is 19.0 Å². The van der Waals surface area contributed by atoms with Crippen molar-refractivity contribution in [2.24, 2.45) is 0 Å². The van der Waals surface area contributed by atoms with Crippen molar-refractivity contribution in [3.8, 4) is 11.8 Å². The fraction of sp³-hybridized carbons (Fsp3) is 0.350. The maximum atomic E-state index is 13.3. The molecule has 0 radical (unpaired) electrons. The lowest BCUT2D eigenvalue weighted by Crippen LogP contribution is -2.18. The van der Waals surface area contributed by atoms with Gasteiger partial charge in [-0.1, -0.05) is 18.2 Å². The number of aryl methyl sites for hydroxylation is 1. The van der Waals surface area contributed by atoms with E-state index >= 15 is 0 Å². The van der Waals surface area contributed by atoms with Gasteiger partial charge < -0.3 is 10.1 Å². The van der Waals surface area contributed by atoms with Crippen LogP contribution in [0.15, 0.2) is 42.5 Å². The fourth-order valence-electron chi connectivity index (χ4n) is 3.13. The molecule has 0 bridgehead atoms. The molecule has 1 aliphatic rings. The minimum atomic E-state index is -0.157. The Balaban J connectivity index is 1.55. The number of nitrogens with one attached hydrogen (secondary N) is 1. The highest BCUT2D eigenvalue weighted by atomic mass is 19.1. The number of halogens is 1. The van der Waals surface area contributed by atoms with Crippen LogP contribution in [-0.4, -0.2) is 6.61 Å². The molecule has 1 unspecified atom stereocenters. The Kier molecular flexibility index (Phi) is 5.45. The molecule has 4 heteroatoms. The molecule has 3 rings (SSSR count). The third-order valence-corrected chi connectivity index (χ3v) is 4.34. The third-order valence-electron chi connectivity index (χ3n) is 4.34. The number of hydrogen-bond donors (Lipinski definition) is 1. The average molecular weight is 324 g/mol. The molecular weight excluding hydrogens is 303 g/mol. The van der Waals surface area contributed by atoms with E-state index in [1.54, 1.807) is 6.07 Å². The minimum absolute atomic E-state index is 0.157. The zero-order valence-corrected chi connectivity index (χ0v) is 13.6. The molecule has 0 fully saturated rings. The van der Waals surface area contributed by atoms with E-state index in [0.717, 1.165) is 42.7 Å². The predicted molar refractivity (Wildman–Crippen MR) is 91.1 cm³/mol. The quantitative estimate of drug-likeness (QED) is 0.773. The second-order valence-corrected chi connectivity index (χ2v) is 6.07. The lowest BCUT2D eigenvalue weighted by Gasteiger charge is -2.15. The molecule has 0 aliphatic heterocycles. The Morgan fingerprint density at radius 3 is 3.04 bits per heavy atom. The number of rotatable bonds is 7. The normalized spacial score (nSPS) is 15.8. The highest BCUT2D eigenvalue weighted by Crippen LogP contribution is 2.31. The SMILES string of the molecule is N#CCCCOc1cccc(CNC2CCc3cc(F)ccc32)c1. The molecule has 1 N–H and O–H groups in total. The number of nitriles is 1. The van der Waals surface area contributed by atoms with Gasteiger partial charge in [-0.3, -0.25) is 0 Å². The van der Waals surface area contributed by atoms with E-state index in [9.17, 15) is 4.39 Å². The van der Waals surface area contributed by atoms with E-state index < -0.39 is 0 Å². The number of ether oxygens (including phenoxy) is 1. The zero-order valence-electron chi connectivity index (χ0n) is 13.6. The number of fused-ring (bicyclic) bond motifs is 1. The van der Waals surface area contributed by atoms with Crippen molar-refractivity contribution in [2.45, 2.75) is 38.3 Å². The molecule has 0 amide bonds. The molecule has 1 atom stereocenters. The molecule has 0 aromatic heterocycles. The number of benzene rings is 2. The maximum absolute atomic E-state index is 13.3. The first-order valence-electron chi connectivity index (χ1n) is 8.36. The summed E-state index contributed by atoms with van der Waals surface area (Å²) in [4.78, 5) is 0. The van der Waals surface area contributed by atoms with E-state index in [2.05, 4.69) is 17.5 Å². The van der Waals surface area contributed by atoms with Gasteiger partial charge in [0.25, 0.3) is 0 Å². The molecule has 0 heterocycles. The first-order valence-corrected chi connectivity index (χ1v) is 8.36. The van der Waals surface area contributed by atoms with Crippen molar-refractivity contribution in [3.05, 3.63) is 65.0 Å². The molecule has 2 aromatic rings. The Morgan fingerprint density at radius 2 is 2.17 bits per heavy atom. The lowest BCUT2D eigenvalue weighted by molar-refractivity contribution is 0.312. The van der Waals surface area contributed by atoms with Gasteiger partial charge in [-0.15, -0.1) is 0 Å². The smallest absolute Gasteiger partial charge is 0.123 e. The summed E-state index contributed by atoms with van der Waals surface area (Å²) in [6, 6.07) is 15.5. The summed E-state index contributed by atoms with van der Waals surface area (Å²) in [5.74, 6) is 0.678. The van der Waals surface area contributed by atoms with Gasteiger partial charge in [-0.05, 0) is 60.2 Å². The maximum Gasteiger partial charge on any atom is 0.123 e. The number of nitrogens with zero attached hydrogens (tertiary/aromatic N) is 1. The van der Waals surface area contributed by atoms with Crippen molar-refractivity contribution >= 4 is 0 Å². The van der Waals surface area contributed by atoms with Crippen molar-refractivity contribution < 1.29 is 9.13 Å². The van der Waals surface area contributed by atoms with Crippen LogP contribution in [0.1, 0.15) is 42.0 Å². The van der Waals surface area contributed by atoms with Gasteiger partial charge in [0.1, 0.15) is 11.6 Å². The summed E-state index contributed by atoms with van der Waals surface area (Å²) in [5.41, 5.74) is 3.48. The van der Waals surface area contributed by atoms with Crippen LogP contribution < -0.4 is 10.1 Å². The molecule has 3 nitrogen and oxygen atoms in total. The molecule has 124 valence electrons. The summed E-state index contributed by atoms with van der Waals surface area (Å²) in [7, 11) is 0. The summed E-state index contributed by atoms with van der Waals surface area (Å²) in [5, 5.41) is 12.1. The highest BCUT2D eigenvalue weighted by molar-refractivity contribution is 5.35. The fourth-order valence-corrected chi connectivity index (χ4v) is 3.13. The van der Waals surface area contributed by atoms with Crippen LogP contribution in [-0.2, 0) is 13.0 Å². The summed E-state index contributed by atoms with van der Waals surface area (Å²) < 4.78 is 19.0. The van der Waals surface area contributed by atoms with Crippen molar-refractivity contribution in [1.82, 2.24) is 5.32 Å². The predicted octanol–water partition coefficient (Wildman–Crippen LogP) is 4.29. The van der Waals surface area contributed by atoms with E-state index in [0.29, 0.717) is 13.0 Å². The van der Waals surface area contributed by atoms with Crippen LogP contribution >= 0.6 is 0 Å². The van der Waals surface area contributed by atoms with E-state index in [1.807, 2.05) is 24.3 Å². The van der Waals surface area contributed by atoms with Crippen LogP contribution in [0.25, 0.3) is 0 Å². The number of hydrogen-bond acceptors (Lipinski definition) is 3. The molecule has 0 saturated heterocycles. The topological polar surface area (TPSA) is 45.0 Å². The van der Waals surface area contributed by atoms with Gasteiger partial charge in [0.15, 0.2) is 0 Å². The van der Waals surface area contributed by atoms with Crippen LogP contribution in [0.5, 0.6) is 5.75 Å². The van der Waals surface area contributed by atoms with Gasteiger partial charge in [0.05, 0.1) is 12.7 Å². The first kappa shape index (κ1) is 16.5. The Labute approximate surface area is 142 Å². The minimum Gasteiger partial charge on any atom is -0.494 e. The van der Waals surface area contributed by atoms with Gasteiger partial charge in [-0.2, -0.15) is 5.26 Å². The highest BCUT2D eigenvalue weighted by Gasteiger charge is 2.22. The molecule has 0 spiro atoms. The molecular formula is C20H21FN2O. The van der Waals surface area contributed by atoms with Gasteiger partial charge in [0.2, 0.25) is 0 Å². The Hall–Kier alpha value is -2.38. The summed E-state index contributed by atoms with van der Waals surface area (Å²) >= 11 is 0. The van der Waals surface area contributed by atoms with E-state index in [1.165, 1.54) is 11.6 Å². The standard InChI is InChI=1S/C20H21FN2O/c21-17-7-8-19-16(13-17)6-9-20(19)23-14-15-4-3-5-18(12-15)24-11-2-1-10-22/h3-5,7-8,12-13,20,23H,1-2,6,9,11,14H2. The molecule has 24 heavy (non-hydrogen) atoms. The van der Waals surface area contributed by atoms with E-state index in [4.69, 9.17) is 10.00 Å². The molecule has 2 aromatic carbocycles. The molecule has 0 saturated carbocycles. The van der Waals surface area contributed by atoms with Crippen molar-refractivity contribution in [1.29, 1.82) is 5.26 Å². The second kappa shape index (κ2) is 7.94. The summed E-state index contributed by atoms with van der Waals surface area (Å²) in [6.07, 6.45) is 3.19. The first-order chi connectivity index (χ1) is 11.8. The van der Waals surface area contributed by atoms with Crippen LogP contribution in [0.4, 0.5) is 4.39 Å². The van der Waals surface area contributed by atoms with Crippen molar-refractivity contribution in [2.75, 3.05) is 6.61 Å². The Bertz CT molecular complexity index is 739. The second-order valence-electron chi connectivity index (χ2n) is 6.07. The monoisotopic (exact) mass is 324 g/mol. The zero-order chi connectivity index (χ0) is 16.8. The summed E-state index contributed by atoms with van der Waals surface area (Å²) in [6.45, 7) is 1.31. The Morgan fingerprint density at radius 1 is 1.25 bits per heavy atom. The lowest BCUT2D eigenvalue weighted by atomic mass is 10.1. The van der Waals surface area contributed by atoms with Gasteiger partial charge in [-0.25, -0.2) is 4.39 Å². The third kappa shape index (κ3) is 4.12. The van der Waals surface area contributed by atoms with E-state index in [-0.39, 0.29) is 11.9 Å². The van der Waals surface area contributed by atoms with Crippen molar-refractivity contribution in [3.63, 3.8) is 0 Å². The van der Waals surface area contributed by atoms with Gasteiger partial charge >= 0.3 is 0 Å². The van der Waals surface area contributed by atoms with Crippen LogP contribution in [0, 0.1) is 17.1 Å². The number of unbranched alkanes of at least 4 members (excludes halogenated alkanes) is 1. The molecule has 1 aliphatic carbocycles. The largest absolute Gasteiger partial charge is 0.494 e. The average Bonchev–Trinajstić information content (AvgIpc) is 2.99. The van der Waals surface area contributed by atoms with Crippen LogP contribution in [0.2, 0.25) is 0 Å².